The molecule has 0 saturated carbocycles. The van der Waals surface area contributed by atoms with Crippen LogP contribution in [0.25, 0.3) is 0 Å². The van der Waals surface area contributed by atoms with Gasteiger partial charge in [0.05, 0.1) is 23.0 Å². The van der Waals surface area contributed by atoms with Gasteiger partial charge in [-0.25, -0.2) is 8.42 Å². The van der Waals surface area contributed by atoms with E-state index in [0.717, 1.165) is 18.2 Å². The molecule has 0 radical (unpaired) electrons. The Morgan fingerprint density at radius 3 is 2.80 bits per heavy atom. The highest BCUT2D eigenvalue weighted by molar-refractivity contribution is 7.89. The van der Waals surface area contributed by atoms with E-state index in [1.165, 1.54) is 4.31 Å². The summed E-state index contributed by atoms with van der Waals surface area (Å²) in [4.78, 5) is 9.72. The van der Waals surface area contributed by atoms with E-state index in [9.17, 15) is 23.6 Å². The molecule has 1 N–H and O–H groups in total. The van der Waals surface area contributed by atoms with E-state index < -0.39 is 26.4 Å². The van der Waals surface area contributed by atoms with Crippen molar-refractivity contribution in [2.45, 2.75) is 17.9 Å². The number of nitrogens with zero attached hydrogens (tertiary/aromatic N) is 2. The van der Waals surface area contributed by atoms with Crippen molar-refractivity contribution in [2.24, 2.45) is 0 Å². The lowest BCUT2D eigenvalue weighted by Crippen LogP contribution is -2.46. The first-order chi connectivity index (χ1) is 9.34. The van der Waals surface area contributed by atoms with Gasteiger partial charge in [-0.05, 0) is 19.1 Å². The van der Waals surface area contributed by atoms with Crippen LogP contribution in [0.5, 0.6) is 5.75 Å². The Bertz CT molecular complexity index is 630. The molecule has 0 bridgehead atoms. The van der Waals surface area contributed by atoms with Gasteiger partial charge in [0.2, 0.25) is 10.0 Å². The molecule has 1 fully saturated rings. The smallest absolute Gasteiger partial charge is 0.312 e. The van der Waals surface area contributed by atoms with Gasteiger partial charge in [0.15, 0.2) is 5.75 Å². The van der Waals surface area contributed by atoms with Crippen LogP contribution in [0, 0.1) is 10.1 Å². The summed E-state index contributed by atoms with van der Waals surface area (Å²) in [6, 6.07) is 2.68. The molecule has 0 spiro atoms. The van der Waals surface area contributed by atoms with E-state index in [-0.39, 0.29) is 30.7 Å². The number of benzene rings is 1. The molecule has 1 atom stereocenters. The van der Waals surface area contributed by atoms with Gasteiger partial charge >= 0.3 is 5.69 Å². The third-order valence-electron chi connectivity index (χ3n) is 3.06. The van der Waals surface area contributed by atoms with Crippen LogP contribution >= 0.6 is 0 Å². The average Bonchev–Trinajstić information content (AvgIpc) is 2.38. The fraction of sp³-hybridized carbons (Fsp3) is 0.455. The van der Waals surface area contributed by atoms with Crippen molar-refractivity contribution >= 4 is 15.7 Å². The van der Waals surface area contributed by atoms with Crippen molar-refractivity contribution in [1.29, 1.82) is 0 Å². The summed E-state index contributed by atoms with van der Waals surface area (Å²) in [5.74, 6) is -0.566. The Kier molecular flexibility index (Phi) is 3.93. The largest absolute Gasteiger partial charge is 0.502 e. The molecule has 1 unspecified atom stereocenters. The Labute approximate surface area is 115 Å². The Morgan fingerprint density at radius 2 is 2.20 bits per heavy atom. The molecule has 1 aromatic rings. The average molecular weight is 302 g/mol. The van der Waals surface area contributed by atoms with Crippen LogP contribution in [-0.2, 0) is 14.8 Å². The second kappa shape index (κ2) is 5.35. The van der Waals surface area contributed by atoms with Crippen LogP contribution in [0.2, 0.25) is 0 Å². The molecule has 0 amide bonds. The van der Waals surface area contributed by atoms with Crippen molar-refractivity contribution in [3.8, 4) is 5.75 Å². The zero-order valence-electron chi connectivity index (χ0n) is 10.7. The highest BCUT2D eigenvalue weighted by atomic mass is 32.2. The third kappa shape index (κ3) is 2.60. The summed E-state index contributed by atoms with van der Waals surface area (Å²) in [5, 5.41) is 20.1. The van der Waals surface area contributed by atoms with Gasteiger partial charge in [-0.2, -0.15) is 4.31 Å². The number of nitro benzene ring substituents is 1. The molecule has 9 heteroatoms. The lowest BCUT2D eigenvalue weighted by Gasteiger charge is -2.32. The monoisotopic (exact) mass is 302 g/mol. The molecule has 1 saturated heterocycles. The fourth-order valence-electron chi connectivity index (χ4n) is 2.01. The van der Waals surface area contributed by atoms with Crippen molar-refractivity contribution in [2.75, 3.05) is 19.8 Å². The molecular formula is C11H14N2O6S. The van der Waals surface area contributed by atoms with Crippen LogP contribution in [0.15, 0.2) is 23.1 Å². The Hall–Kier alpha value is -1.71. The molecule has 0 aliphatic carbocycles. The number of rotatable bonds is 3. The molecule has 1 aromatic carbocycles. The van der Waals surface area contributed by atoms with Gasteiger partial charge in [0.1, 0.15) is 0 Å². The van der Waals surface area contributed by atoms with Crippen LogP contribution in [-0.4, -0.2) is 48.6 Å². The SMILES string of the molecule is CC1COCCN1S(=O)(=O)c1ccc(O)c([N+](=O)[O-])c1. The highest BCUT2D eigenvalue weighted by Gasteiger charge is 2.32. The molecule has 20 heavy (non-hydrogen) atoms. The standard InChI is InChI=1S/C11H14N2O6S/c1-8-7-19-5-4-12(8)20(17,18)9-2-3-11(14)10(6-9)13(15)16/h2-3,6,8,14H,4-5,7H2,1H3. The van der Waals surface area contributed by atoms with Crippen LogP contribution in [0.1, 0.15) is 6.92 Å². The van der Waals surface area contributed by atoms with Gasteiger partial charge in [0.25, 0.3) is 0 Å². The minimum Gasteiger partial charge on any atom is -0.502 e. The van der Waals surface area contributed by atoms with E-state index in [1.807, 2.05) is 0 Å². The van der Waals surface area contributed by atoms with Gasteiger partial charge < -0.3 is 9.84 Å². The lowest BCUT2D eigenvalue weighted by atomic mass is 10.3. The summed E-state index contributed by atoms with van der Waals surface area (Å²) < 4.78 is 31.3. The summed E-state index contributed by atoms with van der Waals surface area (Å²) in [6.07, 6.45) is 0. The van der Waals surface area contributed by atoms with E-state index in [1.54, 1.807) is 6.92 Å². The molecule has 2 rings (SSSR count). The maximum absolute atomic E-state index is 12.4. The zero-order chi connectivity index (χ0) is 14.9. The van der Waals surface area contributed by atoms with Gasteiger partial charge in [-0.1, -0.05) is 0 Å². The van der Waals surface area contributed by atoms with E-state index in [2.05, 4.69) is 0 Å². The number of hydrogen-bond acceptors (Lipinski definition) is 6. The van der Waals surface area contributed by atoms with Crippen LogP contribution < -0.4 is 0 Å². The Balaban J connectivity index is 2.44. The van der Waals surface area contributed by atoms with Crippen molar-refractivity contribution in [1.82, 2.24) is 4.31 Å². The molecule has 1 aliphatic rings. The number of hydrogen-bond donors (Lipinski definition) is 1. The number of morpholine rings is 1. The molecule has 8 nitrogen and oxygen atoms in total. The predicted molar refractivity (Wildman–Crippen MR) is 68.9 cm³/mol. The minimum atomic E-state index is -3.85. The second-order valence-electron chi connectivity index (χ2n) is 4.45. The number of ether oxygens (including phenoxy) is 1. The summed E-state index contributed by atoms with van der Waals surface area (Å²) >= 11 is 0. The van der Waals surface area contributed by atoms with E-state index >= 15 is 0 Å². The molecule has 0 aromatic heterocycles. The molecular weight excluding hydrogens is 288 g/mol. The van der Waals surface area contributed by atoms with Crippen molar-refractivity contribution in [3.63, 3.8) is 0 Å². The summed E-state index contributed by atoms with van der Waals surface area (Å²) in [5.41, 5.74) is -0.632. The second-order valence-corrected chi connectivity index (χ2v) is 6.34. The first-order valence-electron chi connectivity index (χ1n) is 5.91. The number of nitro groups is 1. The van der Waals surface area contributed by atoms with Crippen LogP contribution in [0.3, 0.4) is 0 Å². The van der Waals surface area contributed by atoms with Gasteiger partial charge in [-0.15, -0.1) is 0 Å². The van der Waals surface area contributed by atoms with Gasteiger partial charge in [-0.3, -0.25) is 10.1 Å². The maximum atomic E-state index is 12.4. The number of sulfonamides is 1. The zero-order valence-corrected chi connectivity index (χ0v) is 11.5. The van der Waals surface area contributed by atoms with Crippen LogP contribution in [0.4, 0.5) is 5.69 Å². The maximum Gasteiger partial charge on any atom is 0.312 e. The van der Waals surface area contributed by atoms with E-state index in [4.69, 9.17) is 4.74 Å². The predicted octanol–water partition coefficient (Wildman–Crippen LogP) is 0.710. The fourth-order valence-corrected chi connectivity index (χ4v) is 3.64. The van der Waals surface area contributed by atoms with Crippen molar-refractivity contribution < 1.29 is 23.2 Å². The normalized spacial score (nSPS) is 20.8. The number of aromatic hydroxyl groups is 1. The first-order valence-corrected chi connectivity index (χ1v) is 7.35. The van der Waals surface area contributed by atoms with E-state index in [0.29, 0.717) is 0 Å². The first kappa shape index (κ1) is 14.7. The number of phenolic OH excluding ortho intramolecular Hbond substituents is 1. The number of phenols is 1. The highest BCUT2D eigenvalue weighted by Crippen LogP contribution is 2.30. The quantitative estimate of drug-likeness (QED) is 0.650. The molecule has 110 valence electrons. The van der Waals surface area contributed by atoms with Gasteiger partial charge in [0, 0.05) is 18.7 Å². The lowest BCUT2D eigenvalue weighted by molar-refractivity contribution is -0.386. The third-order valence-corrected chi connectivity index (χ3v) is 5.07. The minimum absolute atomic E-state index is 0.193. The topological polar surface area (TPSA) is 110 Å². The molecule has 1 heterocycles. The van der Waals surface area contributed by atoms with Crippen molar-refractivity contribution in [3.05, 3.63) is 28.3 Å². The Morgan fingerprint density at radius 1 is 1.50 bits per heavy atom. The summed E-state index contributed by atoms with van der Waals surface area (Å²) in [6.45, 7) is 2.45. The summed E-state index contributed by atoms with van der Waals surface area (Å²) in [7, 11) is -3.85. The molecule has 1 aliphatic heterocycles.